The maximum Gasteiger partial charge on any atom is 0.472 e. The fourth-order valence-corrected chi connectivity index (χ4v) is 13.1. The molecule has 0 fully saturated rings. The van der Waals surface area contributed by atoms with Gasteiger partial charge in [-0.15, -0.1) is 0 Å². The molecule has 0 amide bonds. The van der Waals surface area contributed by atoms with Crippen LogP contribution in [0.5, 0.6) is 0 Å². The second kappa shape index (κ2) is 79.8. The molecule has 0 aromatic carbocycles. The molecule has 0 aliphatic carbocycles. The second-order valence-electron chi connectivity index (χ2n) is 28.3. The van der Waals surface area contributed by atoms with Crippen molar-refractivity contribution in [3.63, 3.8) is 0 Å². The summed E-state index contributed by atoms with van der Waals surface area (Å²) in [5.41, 5.74) is 0. The molecule has 0 spiro atoms. The summed E-state index contributed by atoms with van der Waals surface area (Å²) in [5, 5.41) is 20.7. The third-order valence-electron chi connectivity index (χ3n) is 17.9. The minimum atomic E-state index is -4.94. The van der Waals surface area contributed by atoms with Gasteiger partial charge in [-0.3, -0.25) is 32.5 Å². The van der Waals surface area contributed by atoms with E-state index < -0.39 is 91.5 Å². The normalized spacial score (nSPS) is 14.5. The van der Waals surface area contributed by atoms with Gasteiger partial charge in [0, 0.05) is 19.3 Å². The zero-order valence-electron chi connectivity index (χ0n) is 66.6. The van der Waals surface area contributed by atoms with E-state index in [1.54, 1.807) is 0 Å². The van der Waals surface area contributed by atoms with Gasteiger partial charge in [-0.1, -0.05) is 323 Å². The first-order valence-electron chi connectivity index (χ1n) is 42.2. The number of carbonyl (C=O) groups is 3. The van der Waals surface area contributed by atoms with Crippen LogP contribution in [0.1, 0.15) is 367 Å². The Kier molecular flexibility index (Phi) is 76.9. The van der Waals surface area contributed by atoms with Gasteiger partial charge in [-0.2, -0.15) is 0 Å². The molecule has 105 heavy (non-hydrogen) atoms. The number of hydrogen-bond donors (Lipinski definition) is 4. The molecule has 0 bridgehead atoms. The fraction of sp³-hybridized carbons (Fsp3) is 0.759. The highest BCUT2D eigenvalue weighted by Crippen LogP contribution is 2.45. The molecule has 18 heteroatoms. The monoisotopic (exact) mass is 1520 g/mol. The Morgan fingerprint density at radius 1 is 0.267 bits per heavy atom. The zero-order valence-corrected chi connectivity index (χ0v) is 68.4. The number of phosphoric acid groups is 2. The summed E-state index contributed by atoms with van der Waals surface area (Å²) in [6.07, 6.45) is 94.4. The van der Waals surface area contributed by atoms with Crippen molar-refractivity contribution in [2.24, 2.45) is 0 Å². The zero-order chi connectivity index (χ0) is 76.6. The van der Waals surface area contributed by atoms with Gasteiger partial charge in [0.1, 0.15) is 25.4 Å². The molecule has 0 aliphatic heterocycles. The number of carbonyl (C=O) groups excluding carboxylic acids is 3. The molecule has 0 rings (SSSR count). The van der Waals surface area contributed by atoms with Gasteiger partial charge in [0.2, 0.25) is 0 Å². The van der Waals surface area contributed by atoms with Crippen LogP contribution in [-0.2, 0) is 55.8 Å². The van der Waals surface area contributed by atoms with Crippen molar-refractivity contribution in [1.29, 1.82) is 0 Å². The smallest absolute Gasteiger partial charge is 0.463 e. The molecule has 0 aromatic rings. The van der Waals surface area contributed by atoms with Crippen molar-refractivity contribution < 1.29 is 75.8 Å². The molecular weight excluding hydrogens is 1360 g/mol. The molecular formula is C87H154O16P2. The van der Waals surface area contributed by atoms with E-state index in [0.717, 1.165) is 141 Å². The summed E-state index contributed by atoms with van der Waals surface area (Å²) in [4.78, 5) is 58.7. The topological polar surface area (TPSA) is 231 Å². The van der Waals surface area contributed by atoms with E-state index in [9.17, 15) is 43.5 Å². The second-order valence-corrected chi connectivity index (χ2v) is 31.2. The lowest BCUT2D eigenvalue weighted by Crippen LogP contribution is -2.30. The predicted molar refractivity (Wildman–Crippen MR) is 436 cm³/mol. The van der Waals surface area contributed by atoms with Crippen LogP contribution in [0.3, 0.4) is 0 Å². The summed E-state index contributed by atoms with van der Waals surface area (Å²) >= 11 is 0. The Morgan fingerprint density at radius 2 is 0.476 bits per heavy atom. The molecule has 0 aromatic heterocycles. The third-order valence-corrected chi connectivity index (χ3v) is 19.8. The molecule has 0 saturated heterocycles. The average molecular weight is 1520 g/mol. The maximum atomic E-state index is 13.0. The predicted octanol–water partition coefficient (Wildman–Crippen LogP) is 25.1. The lowest BCUT2D eigenvalue weighted by molar-refractivity contribution is -0.161. The largest absolute Gasteiger partial charge is 0.472 e. The Bertz CT molecular complexity index is 2340. The molecule has 5 atom stereocenters. The minimum Gasteiger partial charge on any atom is -0.463 e. The number of aliphatic hydroxyl groups excluding tert-OH is 2. The van der Waals surface area contributed by atoms with E-state index in [1.165, 1.54) is 167 Å². The van der Waals surface area contributed by atoms with Crippen LogP contribution in [-0.4, -0.2) is 95.9 Å². The molecule has 5 unspecified atom stereocenters. The van der Waals surface area contributed by atoms with Gasteiger partial charge in [-0.25, -0.2) is 9.13 Å². The summed E-state index contributed by atoms with van der Waals surface area (Å²) in [6, 6.07) is 0. The first kappa shape index (κ1) is 101. The molecule has 4 N–H and O–H groups in total. The number of ether oxygens (including phenoxy) is 3. The van der Waals surface area contributed by atoms with Crippen LogP contribution in [0, 0.1) is 0 Å². The van der Waals surface area contributed by atoms with Crippen molar-refractivity contribution in [3.8, 4) is 0 Å². The van der Waals surface area contributed by atoms with Crippen molar-refractivity contribution in [2.45, 2.75) is 386 Å². The Balaban J connectivity index is 4.40. The van der Waals surface area contributed by atoms with Crippen LogP contribution in [0.15, 0.2) is 109 Å². The van der Waals surface area contributed by atoms with Crippen LogP contribution < -0.4 is 0 Å². The van der Waals surface area contributed by atoms with Crippen molar-refractivity contribution in [2.75, 3.05) is 39.6 Å². The SMILES string of the molecule is CCCCC/C=C\C/C=C\C/C=C\C/C=C\CCCCCCCCCCCCCCCCCCCCCC(=O)OCC(O)COP(=O)(O)OCC(O)COP(=O)(O)OCC(COC(=O)CCCCCCCC/C=C\C/C=C\C/C=C\CCCCC)OC(=O)CCCCCCC/C=C\C/C=C\CCCCC. The molecule has 16 nitrogen and oxygen atoms in total. The van der Waals surface area contributed by atoms with Crippen LogP contribution >= 0.6 is 15.6 Å². The van der Waals surface area contributed by atoms with Gasteiger partial charge < -0.3 is 34.2 Å². The lowest BCUT2D eigenvalue weighted by atomic mass is 10.0. The highest BCUT2D eigenvalue weighted by atomic mass is 31.2. The third kappa shape index (κ3) is 81.0. The first-order valence-corrected chi connectivity index (χ1v) is 45.2. The molecule has 0 heterocycles. The molecule has 0 saturated carbocycles. The van der Waals surface area contributed by atoms with E-state index in [0.29, 0.717) is 19.3 Å². The van der Waals surface area contributed by atoms with Crippen molar-refractivity contribution in [1.82, 2.24) is 0 Å². The Labute approximate surface area is 640 Å². The number of phosphoric ester groups is 2. The number of allylic oxidation sites excluding steroid dienone is 18. The van der Waals surface area contributed by atoms with Gasteiger partial charge in [0.15, 0.2) is 6.10 Å². The van der Waals surface area contributed by atoms with Crippen molar-refractivity contribution in [3.05, 3.63) is 109 Å². The van der Waals surface area contributed by atoms with Crippen LogP contribution in [0.2, 0.25) is 0 Å². The average Bonchev–Trinajstić information content (AvgIpc) is 0.942. The van der Waals surface area contributed by atoms with E-state index in [2.05, 4.69) is 130 Å². The number of esters is 3. The van der Waals surface area contributed by atoms with E-state index in [-0.39, 0.29) is 19.3 Å². The standard InChI is InChI=1S/C87H154O16P2/c1-4-7-10-13-16-19-22-25-28-30-32-33-34-35-36-37-38-39-40-41-42-43-44-45-46-47-49-51-53-55-58-61-64-67-70-73-85(90)97-76-82(88)77-99-104(93,94)100-78-83(89)79-101-105(95,96)102-81-84(103-87(92)75-72-69-66-63-60-57-52-27-24-21-18-15-12-9-6-3)80-98-86(91)74-71-68-65-62-59-56-54-50-48-31-29-26-23-20-17-14-11-8-5-2/h16-21,25-29,32-33,35-36,48,50,52,82-84,88-89H,4-15,22-24,30-31,34,37-47,49,51,53-81H2,1-3H3,(H,93,94)(H,95,96)/b19-16-,20-17-,21-18-,28-25-,29-26-,33-32-,36-35-,50-48-,52-27-. The van der Waals surface area contributed by atoms with Crippen molar-refractivity contribution >= 4 is 33.6 Å². The number of unbranched alkanes of at least 4 members (excludes halogenated alkanes) is 39. The maximum absolute atomic E-state index is 13.0. The summed E-state index contributed by atoms with van der Waals surface area (Å²) in [6.45, 7) is 2.60. The quantitative estimate of drug-likeness (QED) is 0.0146. The Hall–Kier alpha value is -3.79. The highest BCUT2D eigenvalue weighted by molar-refractivity contribution is 7.47. The summed E-state index contributed by atoms with van der Waals surface area (Å²) in [5.74, 6) is -1.59. The van der Waals surface area contributed by atoms with E-state index in [1.807, 2.05) is 0 Å². The molecule has 0 aliphatic rings. The van der Waals surface area contributed by atoms with Gasteiger partial charge in [0.25, 0.3) is 0 Å². The van der Waals surface area contributed by atoms with Gasteiger partial charge >= 0.3 is 33.6 Å². The van der Waals surface area contributed by atoms with Crippen LogP contribution in [0.4, 0.5) is 0 Å². The summed E-state index contributed by atoms with van der Waals surface area (Å²) < 4.78 is 61.2. The lowest BCUT2D eigenvalue weighted by Gasteiger charge is -2.21. The number of rotatable bonds is 80. The van der Waals surface area contributed by atoms with Gasteiger partial charge in [0.05, 0.1) is 26.4 Å². The van der Waals surface area contributed by atoms with Crippen LogP contribution in [0.25, 0.3) is 0 Å². The van der Waals surface area contributed by atoms with E-state index in [4.69, 9.17) is 32.3 Å². The van der Waals surface area contributed by atoms with E-state index >= 15 is 0 Å². The fourth-order valence-electron chi connectivity index (χ4n) is 11.5. The number of hydrogen-bond acceptors (Lipinski definition) is 14. The van der Waals surface area contributed by atoms with Gasteiger partial charge in [-0.05, 0) is 135 Å². The first-order chi connectivity index (χ1) is 51.2. The minimum absolute atomic E-state index is 0.0855. The number of aliphatic hydroxyl groups is 2. The molecule has 608 valence electrons. The molecule has 0 radical (unpaired) electrons. The summed E-state index contributed by atoms with van der Waals surface area (Å²) in [7, 11) is -9.79. The highest BCUT2D eigenvalue weighted by Gasteiger charge is 2.29. The Morgan fingerprint density at radius 3 is 0.752 bits per heavy atom.